The quantitative estimate of drug-likeness (QED) is 0.324. The van der Waals surface area contributed by atoms with E-state index in [4.69, 9.17) is 10.6 Å². The fourth-order valence-corrected chi connectivity index (χ4v) is 2.55. The lowest BCUT2D eigenvalue weighted by Crippen LogP contribution is -2.53. The van der Waals surface area contributed by atoms with E-state index in [0.29, 0.717) is 12.8 Å². The monoisotopic (exact) mass is 375 g/mol. The van der Waals surface area contributed by atoms with Crippen LogP contribution < -0.4 is 16.6 Å². The molecule has 24 heavy (non-hydrogen) atoms. The average molecular weight is 376 g/mol. The van der Waals surface area contributed by atoms with Crippen LogP contribution in [0.3, 0.4) is 0 Å². The minimum Gasteiger partial charge on any atom is -0.464 e. The summed E-state index contributed by atoms with van der Waals surface area (Å²) in [5, 5.41) is 2.74. The molecule has 6 nitrogen and oxygen atoms in total. The largest absolute Gasteiger partial charge is 0.464 e. The third-order valence-corrected chi connectivity index (χ3v) is 3.94. The first-order chi connectivity index (χ1) is 11.1. The summed E-state index contributed by atoms with van der Waals surface area (Å²) < 4.78 is 5.02. The smallest absolute Gasteiger partial charge is 0.328 e. The number of amides is 1. The molecular weight excluding hydrogens is 350 g/mol. The number of rotatable bonds is 10. The first-order valence-electron chi connectivity index (χ1n) is 7.58. The summed E-state index contributed by atoms with van der Waals surface area (Å²) in [7, 11) is 0. The van der Waals surface area contributed by atoms with Crippen molar-refractivity contribution in [3.63, 3.8) is 0 Å². The van der Waals surface area contributed by atoms with Crippen LogP contribution in [0.2, 0.25) is 0 Å². The van der Waals surface area contributed by atoms with Crippen molar-refractivity contribution >= 4 is 36.0 Å². The Bertz CT molecular complexity index is 491. The zero-order valence-electron chi connectivity index (χ0n) is 14.0. The summed E-state index contributed by atoms with van der Waals surface area (Å²) >= 11 is 1.61. The van der Waals surface area contributed by atoms with Crippen molar-refractivity contribution in [2.75, 3.05) is 18.6 Å². The standard InChI is InChI=1S/C16H25N3O3S.ClH/c1-3-22-16(21)13(9-10-23-2)18-15(20)14(19-17)11-12-7-5-4-6-8-12;/h4-8,13-14,19H,3,9-11,17H2,1-2H3,(H,18,20);1H/t13-,14-;/m0./s1. The highest BCUT2D eigenvalue weighted by atomic mass is 35.5. The van der Waals surface area contributed by atoms with E-state index in [1.807, 2.05) is 36.6 Å². The van der Waals surface area contributed by atoms with Gasteiger partial charge in [-0.3, -0.25) is 10.6 Å². The predicted octanol–water partition coefficient (Wildman–Crippen LogP) is 1.28. The zero-order chi connectivity index (χ0) is 17.1. The lowest BCUT2D eigenvalue weighted by atomic mass is 10.1. The molecule has 0 spiro atoms. The maximum absolute atomic E-state index is 12.4. The number of hydrogen-bond donors (Lipinski definition) is 3. The second kappa shape index (κ2) is 13.1. The van der Waals surface area contributed by atoms with Crippen molar-refractivity contribution in [1.82, 2.24) is 10.7 Å². The molecule has 136 valence electrons. The van der Waals surface area contributed by atoms with Crippen LogP contribution in [0.4, 0.5) is 0 Å². The number of ether oxygens (including phenoxy) is 1. The highest BCUT2D eigenvalue weighted by molar-refractivity contribution is 7.98. The first-order valence-corrected chi connectivity index (χ1v) is 8.97. The van der Waals surface area contributed by atoms with Gasteiger partial charge in [0.25, 0.3) is 0 Å². The number of carbonyl (C=O) groups excluding carboxylic acids is 2. The Morgan fingerprint density at radius 3 is 2.46 bits per heavy atom. The van der Waals surface area contributed by atoms with Gasteiger partial charge in [0.1, 0.15) is 12.1 Å². The molecule has 1 amide bonds. The topological polar surface area (TPSA) is 93.4 Å². The molecule has 0 radical (unpaired) electrons. The van der Waals surface area contributed by atoms with Crippen molar-refractivity contribution in [2.24, 2.45) is 5.84 Å². The number of nitrogens with one attached hydrogen (secondary N) is 2. The predicted molar refractivity (Wildman–Crippen MR) is 100 cm³/mol. The fraction of sp³-hybridized carbons (Fsp3) is 0.500. The van der Waals surface area contributed by atoms with Gasteiger partial charge >= 0.3 is 5.97 Å². The number of benzene rings is 1. The Hall–Kier alpha value is -1.28. The summed E-state index contributed by atoms with van der Waals surface area (Å²) in [6, 6.07) is 8.31. The van der Waals surface area contributed by atoms with Gasteiger partial charge in [-0.2, -0.15) is 11.8 Å². The summed E-state index contributed by atoms with van der Waals surface area (Å²) in [5.74, 6) is 5.53. The maximum atomic E-state index is 12.4. The van der Waals surface area contributed by atoms with Gasteiger partial charge in [-0.15, -0.1) is 12.4 Å². The minimum atomic E-state index is -0.651. The average Bonchev–Trinajstić information content (AvgIpc) is 2.57. The van der Waals surface area contributed by atoms with Crippen molar-refractivity contribution < 1.29 is 14.3 Å². The van der Waals surface area contributed by atoms with Crippen LogP contribution in [0.25, 0.3) is 0 Å². The van der Waals surface area contributed by atoms with Crippen LogP contribution in [-0.4, -0.2) is 42.6 Å². The molecule has 2 atom stereocenters. The third-order valence-electron chi connectivity index (χ3n) is 3.30. The number of hydrogen-bond acceptors (Lipinski definition) is 6. The van der Waals surface area contributed by atoms with E-state index in [-0.39, 0.29) is 24.9 Å². The second-order valence-electron chi connectivity index (χ2n) is 5.00. The molecule has 0 saturated carbocycles. The number of esters is 1. The van der Waals surface area contributed by atoms with Crippen LogP contribution in [0.5, 0.6) is 0 Å². The van der Waals surface area contributed by atoms with Gasteiger partial charge in [-0.1, -0.05) is 30.3 Å². The SMILES string of the molecule is CCOC(=O)[C@H](CCSC)NC(=O)[C@H](Cc1ccccc1)NN.Cl. The summed E-state index contributed by atoms with van der Waals surface area (Å²) in [4.78, 5) is 24.3. The Balaban J connectivity index is 0.00000529. The molecule has 0 aliphatic carbocycles. The fourth-order valence-electron chi connectivity index (χ4n) is 2.08. The number of carbonyl (C=O) groups is 2. The lowest BCUT2D eigenvalue weighted by molar-refractivity contribution is -0.147. The Morgan fingerprint density at radius 1 is 1.25 bits per heavy atom. The van der Waals surface area contributed by atoms with E-state index in [0.717, 1.165) is 11.3 Å². The van der Waals surface area contributed by atoms with Gasteiger partial charge in [-0.05, 0) is 37.3 Å². The molecule has 4 N–H and O–H groups in total. The van der Waals surface area contributed by atoms with Gasteiger partial charge in [0, 0.05) is 0 Å². The van der Waals surface area contributed by atoms with Crippen LogP contribution in [0.1, 0.15) is 18.9 Å². The molecular formula is C16H26ClN3O3S. The van der Waals surface area contributed by atoms with E-state index in [1.54, 1.807) is 18.7 Å². The van der Waals surface area contributed by atoms with Crippen molar-refractivity contribution in [1.29, 1.82) is 0 Å². The van der Waals surface area contributed by atoms with Crippen molar-refractivity contribution in [2.45, 2.75) is 31.8 Å². The highest BCUT2D eigenvalue weighted by Gasteiger charge is 2.25. The van der Waals surface area contributed by atoms with Gasteiger partial charge in [0.2, 0.25) is 5.91 Å². The molecule has 0 fully saturated rings. The molecule has 0 bridgehead atoms. The maximum Gasteiger partial charge on any atom is 0.328 e. The van der Waals surface area contributed by atoms with E-state index < -0.39 is 18.1 Å². The molecule has 1 rings (SSSR count). The molecule has 1 aromatic rings. The molecule has 0 heterocycles. The summed E-state index contributed by atoms with van der Waals surface area (Å²) in [5.41, 5.74) is 3.50. The Morgan fingerprint density at radius 2 is 1.92 bits per heavy atom. The van der Waals surface area contributed by atoms with E-state index >= 15 is 0 Å². The van der Waals surface area contributed by atoms with E-state index in [9.17, 15) is 9.59 Å². The third kappa shape index (κ3) is 8.01. The van der Waals surface area contributed by atoms with E-state index in [1.165, 1.54) is 0 Å². The van der Waals surface area contributed by atoms with Crippen molar-refractivity contribution in [3.8, 4) is 0 Å². The normalized spacial score (nSPS) is 12.6. The molecule has 0 aliphatic heterocycles. The lowest BCUT2D eigenvalue weighted by Gasteiger charge is -2.21. The number of nitrogens with two attached hydrogens (primary N) is 1. The first kappa shape index (κ1) is 22.7. The molecule has 0 saturated heterocycles. The van der Waals surface area contributed by atoms with E-state index in [2.05, 4.69) is 10.7 Å². The summed E-state index contributed by atoms with van der Waals surface area (Å²) in [6.07, 6.45) is 2.92. The van der Waals surface area contributed by atoms with Crippen LogP contribution in [0.15, 0.2) is 30.3 Å². The number of halogens is 1. The van der Waals surface area contributed by atoms with Gasteiger partial charge in [-0.25, -0.2) is 10.2 Å². The number of thioether (sulfide) groups is 1. The molecule has 0 unspecified atom stereocenters. The Kier molecular flexibility index (Phi) is 12.4. The zero-order valence-corrected chi connectivity index (χ0v) is 15.6. The highest BCUT2D eigenvalue weighted by Crippen LogP contribution is 2.06. The second-order valence-corrected chi connectivity index (χ2v) is 5.99. The number of hydrazine groups is 1. The van der Waals surface area contributed by atoms with Gasteiger partial charge < -0.3 is 10.1 Å². The van der Waals surface area contributed by atoms with Gasteiger partial charge in [0.15, 0.2) is 0 Å². The molecule has 0 aromatic heterocycles. The van der Waals surface area contributed by atoms with Gasteiger partial charge in [0.05, 0.1) is 6.61 Å². The summed E-state index contributed by atoms with van der Waals surface area (Å²) in [6.45, 7) is 2.03. The van der Waals surface area contributed by atoms with Crippen LogP contribution in [-0.2, 0) is 20.7 Å². The van der Waals surface area contributed by atoms with Crippen LogP contribution >= 0.6 is 24.2 Å². The van der Waals surface area contributed by atoms with Crippen LogP contribution in [0, 0.1) is 0 Å². The molecule has 1 aromatic carbocycles. The Labute approximate surface area is 153 Å². The minimum absolute atomic E-state index is 0. The molecule has 8 heteroatoms. The van der Waals surface area contributed by atoms with Crippen molar-refractivity contribution in [3.05, 3.63) is 35.9 Å². The molecule has 0 aliphatic rings.